The van der Waals surface area contributed by atoms with E-state index in [4.69, 9.17) is 15.2 Å². The molecule has 0 amide bonds. The van der Waals surface area contributed by atoms with Gasteiger partial charge in [0, 0.05) is 6.07 Å². The Morgan fingerprint density at radius 1 is 1.07 bits per heavy atom. The molecule has 0 aromatic heterocycles. The minimum absolute atomic E-state index is 0.631. The lowest BCUT2D eigenvalue weighted by atomic mass is 10.0. The lowest BCUT2D eigenvalue weighted by Crippen LogP contribution is -2.05. The highest BCUT2D eigenvalue weighted by Gasteiger charge is 2.09. The summed E-state index contributed by atoms with van der Waals surface area (Å²) in [7, 11) is 3.34. The molecular weight excluding hydrogens is 190 g/mol. The molecule has 0 radical (unpaired) electrons. The topological polar surface area (TPSA) is 44.5 Å². The highest BCUT2D eigenvalue weighted by Crippen LogP contribution is 2.29. The Balaban J connectivity index is 3.15. The molecule has 1 aromatic rings. The second kappa shape index (κ2) is 5.61. The molecule has 0 atom stereocenters. The summed E-state index contributed by atoms with van der Waals surface area (Å²) in [5, 5.41) is 0. The molecule has 0 aliphatic rings. The lowest BCUT2D eigenvalue weighted by Gasteiger charge is -2.13. The second-order valence-corrected chi connectivity index (χ2v) is 3.37. The van der Waals surface area contributed by atoms with Crippen LogP contribution in [0.15, 0.2) is 12.1 Å². The molecule has 84 valence electrons. The van der Waals surface area contributed by atoms with Crippen molar-refractivity contribution in [3.8, 4) is 11.5 Å². The Hall–Kier alpha value is -1.22. The van der Waals surface area contributed by atoms with Crippen molar-refractivity contribution in [3.05, 3.63) is 23.3 Å². The van der Waals surface area contributed by atoms with Crippen molar-refractivity contribution in [1.29, 1.82) is 0 Å². The third-order valence-electron chi connectivity index (χ3n) is 2.48. The van der Waals surface area contributed by atoms with Crippen LogP contribution in [0.1, 0.15) is 18.1 Å². The van der Waals surface area contributed by atoms with E-state index in [2.05, 4.69) is 13.0 Å². The van der Waals surface area contributed by atoms with E-state index < -0.39 is 0 Å². The van der Waals surface area contributed by atoms with E-state index in [0.29, 0.717) is 6.54 Å². The third-order valence-corrected chi connectivity index (χ3v) is 2.48. The average molecular weight is 209 g/mol. The Kier molecular flexibility index (Phi) is 4.43. The molecule has 15 heavy (non-hydrogen) atoms. The van der Waals surface area contributed by atoms with Gasteiger partial charge in [-0.3, -0.25) is 0 Å². The van der Waals surface area contributed by atoms with E-state index in [1.54, 1.807) is 14.2 Å². The lowest BCUT2D eigenvalue weighted by molar-refractivity contribution is 0.388. The molecule has 0 heterocycles. The van der Waals surface area contributed by atoms with Crippen LogP contribution in [0.2, 0.25) is 0 Å². The van der Waals surface area contributed by atoms with Crippen LogP contribution in [0, 0.1) is 0 Å². The molecule has 0 aliphatic carbocycles. The number of benzene rings is 1. The fourth-order valence-electron chi connectivity index (χ4n) is 1.66. The molecule has 0 aliphatic heterocycles. The highest BCUT2D eigenvalue weighted by molar-refractivity contribution is 5.46. The number of hydrogen-bond donors (Lipinski definition) is 1. The van der Waals surface area contributed by atoms with Crippen LogP contribution >= 0.6 is 0 Å². The van der Waals surface area contributed by atoms with Gasteiger partial charge < -0.3 is 15.2 Å². The van der Waals surface area contributed by atoms with Crippen molar-refractivity contribution >= 4 is 0 Å². The van der Waals surface area contributed by atoms with Gasteiger partial charge in [-0.25, -0.2) is 0 Å². The van der Waals surface area contributed by atoms with Gasteiger partial charge in [-0.1, -0.05) is 6.92 Å². The first-order valence-corrected chi connectivity index (χ1v) is 5.20. The van der Waals surface area contributed by atoms with Gasteiger partial charge in [0.15, 0.2) is 0 Å². The van der Waals surface area contributed by atoms with Gasteiger partial charge in [-0.05, 0) is 36.6 Å². The zero-order valence-corrected chi connectivity index (χ0v) is 9.67. The van der Waals surface area contributed by atoms with E-state index in [9.17, 15) is 0 Å². The largest absolute Gasteiger partial charge is 0.496 e. The third kappa shape index (κ3) is 2.63. The molecule has 2 N–H and O–H groups in total. The maximum atomic E-state index is 5.56. The summed E-state index contributed by atoms with van der Waals surface area (Å²) in [4.78, 5) is 0. The summed E-state index contributed by atoms with van der Waals surface area (Å²) in [5.41, 5.74) is 7.91. The maximum absolute atomic E-state index is 5.56. The molecular formula is C12H19NO2. The van der Waals surface area contributed by atoms with E-state index in [1.807, 2.05) is 6.07 Å². The smallest absolute Gasteiger partial charge is 0.125 e. The minimum Gasteiger partial charge on any atom is -0.496 e. The van der Waals surface area contributed by atoms with Crippen molar-refractivity contribution in [2.24, 2.45) is 5.73 Å². The van der Waals surface area contributed by atoms with Gasteiger partial charge in [-0.2, -0.15) is 0 Å². The zero-order chi connectivity index (χ0) is 11.3. The van der Waals surface area contributed by atoms with E-state index in [0.717, 1.165) is 29.9 Å². The van der Waals surface area contributed by atoms with Crippen LogP contribution in [0.5, 0.6) is 11.5 Å². The summed E-state index contributed by atoms with van der Waals surface area (Å²) in [6.07, 6.45) is 1.78. The van der Waals surface area contributed by atoms with Gasteiger partial charge in [0.05, 0.1) is 14.2 Å². The Morgan fingerprint density at radius 3 is 2.13 bits per heavy atom. The fraction of sp³-hybridized carbons (Fsp3) is 0.500. The van der Waals surface area contributed by atoms with Crippen LogP contribution in [0.4, 0.5) is 0 Å². The Bertz CT molecular complexity index is 324. The normalized spacial score (nSPS) is 10.1. The number of methoxy groups -OCH3 is 2. The minimum atomic E-state index is 0.631. The first-order chi connectivity index (χ1) is 7.26. The molecule has 3 nitrogen and oxygen atoms in total. The summed E-state index contributed by atoms with van der Waals surface area (Å²) in [6, 6.07) is 4.05. The average Bonchev–Trinajstić information content (AvgIpc) is 2.28. The first-order valence-electron chi connectivity index (χ1n) is 5.20. The van der Waals surface area contributed by atoms with Crippen molar-refractivity contribution < 1.29 is 9.47 Å². The van der Waals surface area contributed by atoms with Crippen molar-refractivity contribution in [2.75, 3.05) is 20.8 Å². The highest BCUT2D eigenvalue weighted by atomic mass is 16.5. The van der Waals surface area contributed by atoms with Crippen LogP contribution in [-0.2, 0) is 12.8 Å². The predicted octanol–water partition coefficient (Wildman–Crippen LogP) is 1.77. The van der Waals surface area contributed by atoms with E-state index in [-0.39, 0.29) is 0 Å². The summed E-state index contributed by atoms with van der Waals surface area (Å²) >= 11 is 0. The molecule has 0 unspecified atom stereocenters. The standard InChI is InChI=1S/C12H19NO2/c1-4-9-7-10(5-6-13)12(15-3)8-11(9)14-2/h7-8H,4-6,13H2,1-3H3. The monoisotopic (exact) mass is 209 g/mol. The van der Waals surface area contributed by atoms with Crippen LogP contribution in [-0.4, -0.2) is 20.8 Å². The molecule has 0 saturated heterocycles. The van der Waals surface area contributed by atoms with Gasteiger partial charge >= 0.3 is 0 Å². The van der Waals surface area contributed by atoms with Crippen LogP contribution in [0.25, 0.3) is 0 Å². The van der Waals surface area contributed by atoms with Crippen LogP contribution in [0.3, 0.4) is 0 Å². The maximum Gasteiger partial charge on any atom is 0.125 e. The quantitative estimate of drug-likeness (QED) is 0.803. The number of hydrogen-bond acceptors (Lipinski definition) is 3. The number of ether oxygens (including phenoxy) is 2. The molecule has 0 saturated carbocycles. The van der Waals surface area contributed by atoms with E-state index in [1.165, 1.54) is 5.56 Å². The van der Waals surface area contributed by atoms with Gasteiger partial charge in [0.2, 0.25) is 0 Å². The summed E-state index contributed by atoms with van der Waals surface area (Å²) < 4.78 is 10.6. The van der Waals surface area contributed by atoms with Crippen molar-refractivity contribution in [1.82, 2.24) is 0 Å². The second-order valence-electron chi connectivity index (χ2n) is 3.37. The van der Waals surface area contributed by atoms with Gasteiger partial charge in [0.1, 0.15) is 11.5 Å². The molecule has 0 fully saturated rings. The number of rotatable bonds is 5. The number of aryl methyl sites for hydroxylation is 1. The SMILES string of the molecule is CCc1cc(CCN)c(OC)cc1OC. The fourth-order valence-corrected chi connectivity index (χ4v) is 1.66. The van der Waals surface area contributed by atoms with Gasteiger partial charge in [-0.15, -0.1) is 0 Å². The van der Waals surface area contributed by atoms with Crippen LogP contribution < -0.4 is 15.2 Å². The van der Waals surface area contributed by atoms with E-state index >= 15 is 0 Å². The Morgan fingerprint density at radius 2 is 1.67 bits per heavy atom. The van der Waals surface area contributed by atoms with Gasteiger partial charge in [0.25, 0.3) is 0 Å². The zero-order valence-electron chi connectivity index (χ0n) is 9.67. The molecule has 0 bridgehead atoms. The predicted molar refractivity (Wildman–Crippen MR) is 61.7 cm³/mol. The summed E-state index contributed by atoms with van der Waals surface area (Å²) in [5.74, 6) is 1.74. The molecule has 1 rings (SSSR count). The summed E-state index contributed by atoms with van der Waals surface area (Å²) in [6.45, 7) is 2.74. The molecule has 0 spiro atoms. The number of nitrogens with two attached hydrogens (primary N) is 1. The van der Waals surface area contributed by atoms with Crippen molar-refractivity contribution in [2.45, 2.75) is 19.8 Å². The molecule has 3 heteroatoms. The van der Waals surface area contributed by atoms with Crippen molar-refractivity contribution in [3.63, 3.8) is 0 Å². The molecule has 1 aromatic carbocycles. The Labute approximate surface area is 91.2 Å². The first kappa shape index (κ1) is 11.9.